The Bertz CT molecular complexity index is 1560. The smallest absolute Gasteiger partial charge is 0.297 e. The van der Waals surface area contributed by atoms with Gasteiger partial charge in [-0.05, 0) is 44.0 Å². The van der Waals surface area contributed by atoms with Crippen molar-refractivity contribution in [2.45, 2.75) is 57.9 Å². The highest BCUT2D eigenvalue weighted by molar-refractivity contribution is 7.07. The molecule has 1 saturated carbocycles. The average molecular weight is 563 g/mol. The van der Waals surface area contributed by atoms with E-state index in [1.807, 2.05) is 61.1 Å². The molecule has 8 nitrogen and oxygen atoms in total. The zero-order chi connectivity index (χ0) is 28.2. The Balaban J connectivity index is 1.72. The van der Waals surface area contributed by atoms with Gasteiger partial charge in [0, 0.05) is 24.0 Å². The third-order valence-electron chi connectivity index (χ3n) is 7.87. The quantitative estimate of drug-likeness (QED) is 0.256. The molecule has 4 aromatic rings. The van der Waals surface area contributed by atoms with Gasteiger partial charge in [0.25, 0.3) is 5.56 Å². The summed E-state index contributed by atoms with van der Waals surface area (Å²) < 4.78 is 22.8. The molecule has 2 aromatic heterocycles. The number of benzene rings is 2. The summed E-state index contributed by atoms with van der Waals surface area (Å²) >= 11 is 1.56. The van der Waals surface area contributed by atoms with Crippen molar-refractivity contribution in [2.24, 2.45) is 12.0 Å². The van der Waals surface area contributed by atoms with Gasteiger partial charge in [0.05, 0.1) is 38.4 Å². The van der Waals surface area contributed by atoms with Crippen LogP contribution in [0.2, 0.25) is 0 Å². The lowest BCUT2D eigenvalue weighted by atomic mass is 9.96. The number of hydrogen-bond donors (Lipinski definition) is 0. The van der Waals surface area contributed by atoms with E-state index in [1.54, 1.807) is 37.3 Å². The number of thiazole rings is 1. The summed E-state index contributed by atoms with van der Waals surface area (Å²) in [5.74, 6) is 1.78. The number of aromatic nitrogens is 3. The van der Waals surface area contributed by atoms with Crippen molar-refractivity contribution >= 4 is 17.0 Å². The van der Waals surface area contributed by atoms with Crippen LogP contribution in [0, 0.1) is 6.92 Å². The summed E-state index contributed by atoms with van der Waals surface area (Å²) in [4.78, 5) is 19.6. The van der Waals surface area contributed by atoms with Crippen LogP contribution in [0.1, 0.15) is 56.7 Å². The zero-order valence-electron chi connectivity index (χ0n) is 24.0. The summed E-state index contributed by atoms with van der Waals surface area (Å²) in [5, 5.41) is 2.13. The van der Waals surface area contributed by atoms with Crippen LogP contribution in [-0.4, -0.2) is 35.3 Å². The zero-order valence-corrected chi connectivity index (χ0v) is 24.8. The van der Waals surface area contributed by atoms with E-state index in [2.05, 4.69) is 9.95 Å². The molecule has 5 rings (SSSR count). The van der Waals surface area contributed by atoms with Crippen molar-refractivity contribution in [3.05, 3.63) is 68.7 Å². The van der Waals surface area contributed by atoms with E-state index in [0.29, 0.717) is 22.9 Å². The Hall–Kier alpha value is -3.72. The summed E-state index contributed by atoms with van der Waals surface area (Å²) in [6.07, 6.45) is 8.27. The predicted octanol–water partition coefficient (Wildman–Crippen LogP) is 6.56. The van der Waals surface area contributed by atoms with E-state index in [9.17, 15) is 4.79 Å². The van der Waals surface area contributed by atoms with Crippen molar-refractivity contribution in [3.8, 4) is 34.2 Å². The van der Waals surface area contributed by atoms with Crippen molar-refractivity contribution in [3.63, 3.8) is 0 Å². The van der Waals surface area contributed by atoms with Crippen LogP contribution in [0.15, 0.2) is 57.6 Å². The van der Waals surface area contributed by atoms with Gasteiger partial charge in [0.1, 0.15) is 0 Å². The molecule has 1 fully saturated rings. The van der Waals surface area contributed by atoms with Crippen molar-refractivity contribution in [1.82, 2.24) is 13.9 Å². The molecule has 0 saturated heterocycles. The molecule has 0 radical (unpaired) electrons. The van der Waals surface area contributed by atoms with Gasteiger partial charge in [-0.25, -0.2) is 9.67 Å². The largest absolute Gasteiger partial charge is 0.493 e. The highest BCUT2D eigenvalue weighted by Gasteiger charge is 2.23. The molecule has 2 aromatic carbocycles. The summed E-state index contributed by atoms with van der Waals surface area (Å²) in [6.45, 7) is 1.95. The van der Waals surface area contributed by atoms with E-state index in [1.165, 1.54) is 32.1 Å². The maximum Gasteiger partial charge on any atom is 0.297 e. The minimum absolute atomic E-state index is 0.127. The summed E-state index contributed by atoms with van der Waals surface area (Å²) in [6, 6.07) is 14.0. The third kappa shape index (κ3) is 5.22. The Morgan fingerprint density at radius 1 is 0.900 bits per heavy atom. The Labute approximate surface area is 239 Å². The van der Waals surface area contributed by atoms with Gasteiger partial charge >= 0.3 is 0 Å². The number of methoxy groups -OCH3 is 3. The van der Waals surface area contributed by atoms with Crippen molar-refractivity contribution < 1.29 is 14.2 Å². The lowest BCUT2D eigenvalue weighted by Gasteiger charge is -2.24. The molecule has 0 atom stereocenters. The Morgan fingerprint density at radius 3 is 2.12 bits per heavy atom. The topological polar surface area (TPSA) is 71.9 Å². The number of nitrogens with zero attached hydrogens (tertiary/aromatic N) is 4. The highest BCUT2D eigenvalue weighted by Crippen LogP contribution is 2.42. The van der Waals surface area contributed by atoms with Gasteiger partial charge in [-0.2, -0.15) is 0 Å². The fraction of sp³-hybridized carbons (Fsp3) is 0.419. The first-order valence-electron chi connectivity index (χ1n) is 13.9. The fourth-order valence-electron chi connectivity index (χ4n) is 5.67. The summed E-state index contributed by atoms with van der Waals surface area (Å²) in [5.41, 5.74) is 3.96. The van der Waals surface area contributed by atoms with E-state index >= 15 is 0 Å². The van der Waals surface area contributed by atoms with Crippen LogP contribution in [0.5, 0.6) is 17.2 Å². The number of rotatable bonds is 7. The monoisotopic (exact) mass is 562 g/mol. The average Bonchev–Trinajstić information content (AvgIpc) is 3.46. The second-order valence-electron chi connectivity index (χ2n) is 10.2. The normalized spacial score (nSPS) is 15.1. The van der Waals surface area contributed by atoms with E-state index < -0.39 is 0 Å². The second kappa shape index (κ2) is 12.2. The predicted molar refractivity (Wildman–Crippen MR) is 160 cm³/mol. The molecule has 0 N–H and O–H groups in total. The number of para-hydroxylation sites is 1. The minimum atomic E-state index is -0.127. The van der Waals surface area contributed by atoms with Crippen LogP contribution in [-0.2, 0) is 7.05 Å². The van der Waals surface area contributed by atoms with Crippen LogP contribution >= 0.6 is 11.3 Å². The third-order valence-corrected chi connectivity index (χ3v) is 8.71. The first-order valence-corrected chi connectivity index (χ1v) is 14.8. The SMILES string of the molecule is COc1cc(-c2csc(=Nc3c(C)n(C)n(-c4ccccc4)c3=O)n2C2CCCCCCC2)cc(OC)c1OC. The fourth-order valence-corrected chi connectivity index (χ4v) is 6.64. The van der Waals surface area contributed by atoms with Gasteiger partial charge in [0.2, 0.25) is 5.75 Å². The molecule has 212 valence electrons. The van der Waals surface area contributed by atoms with Gasteiger partial charge < -0.3 is 18.8 Å². The standard InChI is InChI=1S/C31H38N4O4S/c1-21-28(30(36)35(33(21)2)24-16-12-9-13-17-24)32-31-34(23-14-10-7-6-8-11-15-23)25(20-40-31)22-18-26(37-3)29(39-5)27(19-22)38-4/h9,12-13,16-20,23H,6-8,10-11,14-15H2,1-5H3. The van der Waals surface area contributed by atoms with Crippen molar-refractivity contribution in [1.29, 1.82) is 0 Å². The first-order chi connectivity index (χ1) is 19.5. The molecule has 0 bridgehead atoms. The van der Waals surface area contributed by atoms with E-state index in [-0.39, 0.29) is 11.6 Å². The second-order valence-corrected chi connectivity index (χ2v) is 11.0. The van der Waals surface area contributed by atoms with Crippen LogP contribution in [0.4, 0.5) is 5.69 Å². The maximum absolute atomic E-state index is 13.7. The minimum Gasteiger partial charge on any atom is -0.493 e. The van der Waals surface area contributed by atoms with E-state index in [4.69, 9.17) is 19.2 Å². The molecule has 9 heteroatoms. The molecule has 0 unspecified atom stereocenters. The van der Waals surface area contributed by atoms with Gasteiger partial charge in [-0.3, -0.25) is 9.48 Å². The maximum atomic E-state index is 13.7. The van der Waals surface area contributed by atoms with Gasteiger partial charge in [0.15, 0.2) is 22.0 Å². The van der Waals surface area contributed by atoms with Crippen LogP contribution < -0.4 is 24.6 Å². The lowest BCUT2D eigenvalue weighted by molar-refractivity contribution is 0.324. The Kier molecular flexibility index (Phi) is 8.49. The number of hydrogen-bond acceptors (Lipinski definition) is 6. The molecule has 1 aliphatic carbocycles. The van der Waals surface area contributed by atoms with Gasteiger partial charge in [-0.1, -0.05) is 50.3 Å². The Morgan fingerprint density at radius 2 is 1.52 bits per heavy atom. The molecule has 2 heterocycles. The van der Waals surface area contributed by atoms with Crippen LogP contribution in [0.3, 0.4) is 0 Å². The van der Waals surface area contributed by atoms with Crippen LogP contribution in [0.25, 0.3) is 16.9 Å². The van der Waals surface area contributed by atoms with Gasteiger partial charge in [-0.15, -0.1) is 11.3 Å². The molecular formula is C31H38N4O4S. The molecule has 0 amide bonds. The molecular weight excluding hydrogens is 524 g/mol. The highest BCUT2D eigenvalue weighted by atomic mass is 32.1. The van der Waals surface area contributed by atoms with E-state index in [0.717, 1.165) is 40.3 Å². The molecule has 0 aliphatic heterocycles. The van der Waals surface area contributed by atoms with Crippen molar-refractivity contribution in [2.75, 3.05) is 21.3 Å². The molecule has 40 heavy (non-hydrogen) atoms. The molecule has 0 spiro atoms. The number of ether oxygens (including phenoxy) is 3. The first kappa shape index (κ1) is 27.8. The summed E-state index contributed by atoms with van der Waals surface area (Å²) in [7, 11) is 6.78. The lowest BCUT2D eigenvalue weighted by Crippen LogP contribution is -2.23. The molecule has 1 aliphatic rings.